The highest BCUT2D eigenvalue weighted by atomic mass is 16.7. The van der Waals surface area contributed by atoms with Crippen LogP contribution in [-0.2, 0) is 11.3 Å². The average Bonchev–Trinajstić information content (AvgIpc) is 3.35. The number of hydrogen-bond acceptors (Lipinski definition) is 5. The van der Waals surface area contributed by atoms with Gasteiger partial charge in [-0.1, -0.05) is 6.07 Å². The van der Waals surface area contributed by atoms with E-state index < -0.39 is 0 Å². The lowest BCUT2D eigenvalue weighted by atomic mass is 9.99. The van der Waals surface area contributed by atoms with Gasteiger partial charge in [-0.25, -0.2) is 4.79 Å². The van der Waals surface area contributed by atoms with Gasteiger partial charge in [0.2, 0.25) is 6.79 Å². The number of ether oxygens (including phenoxy) is 3. The van der Waals surface area contributed by atoms with Gasteiger partial charge in [0.15, 0.2) is 11.5 Å². The van der Waals surface area contributed by atoms with E-state index in [0.29, 0.717) is 13.2 Å². The summed E-state index contributed by atoms with van der Waals surface area (Å²) in [7, 11) is 3.54. The van der Waals surface area contributed by atoms with Gasteiger partial charge in [0.25, 0.3) is 0 Å². The van der Waals surface area contributed by atoms with Crippen molar-refractivity contribution in [2.24, 2.45) is 0 Å². The number of carbonyl (C=O) groups is 1. The highest BCUT2D eigenvalue weighted by Crippen LogP contribution is 2.36. The molecular weight excluding hydrogens is 348 g/mol. The molecule has 2 aliphatic heterocycles. The standard InChI is InChI=1S/C20H22N2O5/c1-13-15(11-24-10-14-6-7-16-18(9-14)27-12-26-16)19(17-5-4-8-25-17)22(3)20(23)21(13)2/h4-9,19H,10-12H2,1-3H3. The molecule has 3 heterocycles. The fraction of sp³-hybridized carbons (Fsp3) is 0.350. The van der Waals surface area contributed by atoms with Gasteiger partial charge >= 0.3 is 6.03 Å². The predicted molar refractivity (Wildman–Crippen MR) is 97.3 cm³/mol. The van der Waals surface area contributed by atoms with Crippen molar-refractivity contribution in [3.8, 4) is 11.5 Å². The number of fused-ring (bicyclic) bond motifs is 1. The third-order valence-electron chi connectivity index (χ3n) is 5.05. The Labute approximate surface area is 157 Å². The molecule has 1 unspecified atom stereocenters. The summed E-state index contributed by atoms with van der Waals surface area (Å²) in [6.07, 6.45) is 1.62. The first-order valence-corrected chi connectivity index (χ1v) is 8.76. The molecule has 0 saturated heterocycles. The van der Waals surface area contributed by atoms with Crippen molar-refractivity contribution < 1.29 is 23.4 Å². The van der Waals surface area contributed by atoms with E-state index in [9.17, 15) is 4.79 Å². The molecule has 1 aromatic heterocycles. The van der Waals surface area contributed by atoms with Crippen LogP contribution >= 0.6 is 0 Å². The number of benzene rings is 1. The quantitative estimate of drug-likeness (QED) is 0.806. The van der Waals surface area contributed by atoms with E-state index >= 15 is 0 Å². The maximum absolute atomic E-state index is 12.5. The Hall–Kier alpha value is -2.93. The number of rotatable bonds is 5. The molecule has 1 atom stereocenters. The van der Waals surface area contributed by atoms with Gasteiger partial charge in [-0.3, -0.25) is 0 Å². The lowest BCUT2D eigenvalue weighted by Crippen LogP contribution is -2.46. The first-order valence-electron chi connectivity index (χ1n) is 8.76. The minimum Gasteiger partial charge on any atom is -0.467 e. The van der Waals surface area contributed by atoms with Gasteiger partial charge in [-0.15, -0.1) is 0 Å². The van der Waals surface area contributed by atoms with Crippen LogP contribution in [-0.4, -0.2) is 43.3 Å². The van der Waals surface area contributed by atoms with Crippen molar-refractivity contribution >= 4 is 6.03 Å². The molecule has 4 rings (SSSR count). The summed E-state index contributed by atoms with van der Waals surface area (Å²) in [6, 6.07) is 9.13. The van der Waals surface area contributed by atoms with Crippen LogP contribution in [0, 0.1) is 0 Å². The largest absolute Gasteiger partial charge is 0.467 e. The molecule has 142 valence electrons. The molecule has 2 aromatic rings. The van der Waals surface area contributed by atoms with E-state index in [4.69, 9.17) is 18.6 Å². The van der Waals surface area contributed by atoms with E-state index in [1.807, 2.05) is 37.3 Å². The van der Waals surface area contributed by atoms with E-state index in [1.54, 1.807) is 30.2 Å². The third kappa shape index (κ3) is 3.14. The second kappa shape index (κ2) is 7.00. The molecule has 0 saturated carbocycles. The fourth-order valence-electron chi connectivity index (χ4n) is 3.44. The maximum Gasteiger partial charge on any atom is 0.324 e. The highest BCUT2D eigenvalue weighted by molar-refractivity contribution is 5.78. The van der Waals surface area contributed by atoms with Crippen molar-refractivity contribution in [2.75, 3.05) is 27.5 Å². The molecule has 0 N–H and O–H groups in total. The van der Waals surface area contributed by atoms with E-state index in [1.165, 1.54) is 0 Å². The summed E-state index contributed by atoms with van der Waals surface area (Å²) in [6.45, 7) is 3.00. The molecule has 27 heavy (non-hydrogen) atoms. The molecule has 0 spiro atoms. The molecule has 2 amide bonds. The van der Waals surface area contributed by atoms with Crippen molar-refractivity contribution in [1.29, 1.82) is 0 Å². The van der Waals surface area contributed by atoms with Crippen LogP contribution < -0.4 is 9.47 Å². The lowest BCUT2D eigenvalue weighted by molar-refractivity contribution is 0.111. The number of allylic oxidation sites excluding steroid dienone is 1. The number of furan rings is 1. The van der Waals surface area contributed by atoms with Crippen molar-refractivity contribution in [3.63, 3.8) is 0 Å². The topological polar surface area (TPSA) is 64.4 Å². The van der Waals surface area contributed by atoms with Crippen molar-refractivity contribution in [2.45, 2.75) is 19.6 Å². The number of likely N-dealkylation sites (N-methyl/N-ethyl adjacent to an activating group) is 1. The van der Waals surface area contributed by atoms with Crippen LogP contribution in [0.25, 0.3) is 0 Å². The monoisotopic (exact) mass is 370 g/mol. The normalized spacial score (nSPS) is 19.2. The Bertz CT molecular complexity index is 875. The average molecular weight is 370 g/mol. The molecule has 0 bridgehead atoms. The Morgan fingerprint density at radius 2 is 1.96 bits per heavy atom. The Balaban J connectivity index is 1.52. The SMILES string of the molecule is CC1=C(COCc2ccc3c(c2)OCO3)C(c2ccco2)N(C)C(=O)N1C. The lowest BCUT2D eigenvalue weighted by Gasteiger charge is -2.39. The van der Waals surface area contributed by atoms with Crippen molar-refractivity contribution in [3.05, 3.63) is 59.2 Å². The summed E-state index contributed by atoms with van der Waals surface area (Å²) in [5.41, 5.74) is 2.88. The van der Waals surface area contributed by atoms with Crippen LogP contribution in [0.1, 0.15) is 24.3 Å². The second-order valence-corrected chi connectivity index (χ2v) is 6.66. The number of urea groups is 1. The van der Waals surface area contributed by atoms with Gasteiger partial charge in [-0.05, 0) is 36.8 Å². The molecule has 0 aliphatic carbocycles. The van der Waals surface area contributed by atoms with Gasteiger partial charge in [0, 0.05) is 25.4 Å². The first-order chi connectivity index (χ1) is 13.1. The maximum atomic E-state index is 12.5. The van der Waals surface area contributed by atoms with Crippen LogP contribution in [0.2, 0.25) is 0 Å². The van der Waals surface area contributed by atoms with Gasteiger partial charge in [0.05, 0.1) is 19.5 Å². The zero-order valence-corrected chi connectivity index (χ0v) is 15.6. The number of hydrogen-bond donors (Lipinski definition) is 0. The van der Waals surface area contributed by atoms with Gasteiger partial charge in [0.1, 0.15) is 11.8 Å². The Kier molecular flexibility index (Phi) is 4.53. The van der Waals surface area contributed by atoms with Crippen LogP contribution in [0.5, 0.6) is 11.5 Å². The van der Waals surface area contributed by atoms with Gasteiger partial charge < -0.3 is 28.4 Å². The van der Waals surface area contributed by atoms with E-state index in [2.05, 4.69) is 0 Å². The van der Waals surface area contributed by atoms with Gasteiger partial charge in [-0.2, -0.15) is 0 Å². The molecular formula is C20H22N2O5. The van der Waals surface area contributed by atoms with Crippen molar-refractivity contribution in [1.82, 2.24) is 9.80 Å². The van der Waals surface area contributed by atoms with E-state index in [-0.39, 0.29) is 18.9 Å². The summed E-state index contributed by atoms with van der Waals surface area (Å²) in [5.74, 6) is 2.21. The molecule has 7 nitrogen and oxygen atoms in total. The smallest absolute Gasteiger partial charge is 0.324 e. The van der Waals surface area contributed by atoms with Crippen LogP contribution in [0.3, 0.4) is 0 Å². The van der Waals surface area contributed by atoms with Crippen LogP contribution in [0.4, 0.5) is 4.79 Å². The summed E-state index contributed by atoms with van der Waals surface area (Å²) < 4.78 is 22.3. The summed E-state index contributed by atoms with van der Waals surface area (Å²) >= 11 is 0. The Morgan fingerprint density at radius 3 is 2.74 bits per heavy atom. The molecule has 1 aromatic carbocycles. The number of amides is 2. The second-order valence-electron chi connectivity index (χ2n) is 6.66. The molecule has 0 fully saturated rings. The highest BCUT2D eigenvalue weighted by Gasteiger charge is 2.36. The summed E-state index contributed by atoms with van der Waals surface area (Å²) in [5, 5.41) is 0. The number of carbonyl (C=O) groups excluding carboxylic acids is 1. The molecule has 0 radical (unpaired) electrons. The minimum absolute atomic E-state index is 0.0755. The van der Waals surface area contributed by atoms with E-state index in [0.717, 1.165) is 34.1 Å². The molecule has 7 heteroatoms. The fourth-order valence-corrected chi connectivity index (χ4v) is 3.44. The van der Waals surface area contributed by atoms with Crippen LogP contribution in [0.15, 0.2) is 52.3 Å². The number of nitrogens with zero attached hydrogens (tertiary/aromatic N) is 2. The third-order valence-corrected chi connectivity index (χ3v) is 5.05. The summed E-state index contributed by atoms with van der Waals surface area (Å²) in [4.78, 5) is 15.8. The molecule has 2 aliphatic rings. The minimum atomic E-state index is -0.277. The zero-order valence-electron chi connectivity index (χ0n) is 15.6. The Morgan fingerprint density at radius 1 is 1.15 bits per heavy atom. The zero-order chi connectivity index (χ0) is 19.0. The first kappa shape index (κ1) is 17.5. The predicted octanol–water partition coefficient (Wildman–Crippen LogP) is 3.54.